The molecule has 3 rings (SSSR count). The highest BCUT2D eigenvalue weighted by molar-refractivity contribution is 5.95. The number of nitrogens with zero attached hydrogens (tertiary/aromatic N) is 1. The number of hydrogen-bond acceptors (Lipinski definition) is 3. The van der Waals surface area contributed by atoms with Crippen LogP contribution in [0.25, 0.3) is 11.1 Å². The molecule has 1 heterocycles. The van der Waals surface area contributed by atoms with Crippen molar-refractivity contribution in [3.8, 4) is 16.9 Å². The Kier molecular flexibility index (Phi) is 5.16. The third-order valence-corrected chi connectivity index (χ3v) is 4.53. The summed E-state index contributed by atoms with van der Waals surface area (Å²) in [6, 6.07) is 15.6. The van der Waals surface area contributed by atoms with E-state index in [4.69, 9.17) is 9.47 Å². The van der Waals surface area contributed by atoms with Crippen LogP contribution in [0.2, 0.25) is 0 Å². The number of piperidine rings is 1. The molecule has 0 radical (unpaired) electrons. The smallest absolute Gasteiger partial charge is 0.253 e. The van der Waals surface area contributed by atoms with Gasteiger partial charge in [-0.1, -0.05) is 30.3 Å². The van der Waals surface area contributed by atoms with Crippen LogP contribution < -0.4 is 4.74 Å². The average Bonchev–Trinajstić information content (AvgIpc) is 2.67. The van der Waals surface area contributed by atoms with E-state index in [1.54, 1.807) is 14.2 Å². The van der Waals surface area contributed by atoms with Gasteiger partial charge in [0.15, 0.2) is 0 Å². The number of methoxy groups -OCH3 is 2. The highest BCUT2D eigenvalue weighted by Gasteiger charge is 2.24. The molecular weight excluding hydrogens is 302 g/mol. The van der Waals surface area contributed by atoms with Crippen molar-refractivity contribution in [2.75, 3.05) is 27.3 Å². The summed E-state index contributed by atoms with van der Waals surface area (Å²) >= 11 is 0. The Morgan fingerprint density at radius 2 is 1.96 bits per heavy atom. The van der Waals surface area contributed by atoms with E-state index < -0.39 is 0 Å². The lowest BCUT2D eigenvalue weighted by Crippen LogP contribution is -2.42. The third kappa shape index (κ3) is 3.44. The van der Waals surface area contributed by atoms with Gasteiger partial charge in [0.05, 0.1) is 13.2 Å². The van der Waals surface area contributed by atoms with Crippen LogP contribution in [0, 0.1) is 0 Å². The van der Waals surface area contributed by atoms with Gasteiger partial charge in [-0.25, -0.2) is 0 Å². The fourth-order valence-corrected chi connectivity index (χ4v) is 3.20. The van der Waals surface area contributed by atoms with Gasteiger partial charge in [-0.3, -0.25) is 4.79 Å². The molecule has 2 aromatic rings. The SMILES string of the molecule is COc1ccccc1-c1cccc(C(=O)N2CCC[C@H](OC)C2)c1. The maximum Gasteiger partial charge on any atom is 0.253 e. The first-order chi connectivity index (χ1) is 11.7. The molecule has 24 heavy (non-hydrogen) atoms. The molecule has 1 atom stereocenters. The summed E-state index contributed by atoms with van der Waals surface area (Å²) in [6.45, 7) is 1.45. The van der Waals surface area contributed by atoms with Crippen molar-refractivity contribution in [1.29, 1.82) is 0 Å². The number of likely N-dealkylation sites (tertiary alicyclic amines) is 1. The van der Waals surface area contributed by atoms with E-state index >= 15 is 0 Å². The number of carbonyl (C=O) groups is 1. The molecular formula is C20H23NO3. The molecule has 0 unspecified atom stereocenters. The van der Waals surface area contributed by atoms with Gasteiger partial charge in [0, 0.05) is 31.3 Å². The topological polar surface area (TPSA) is 38.8 Å². The number of carbonyl (C=O) groups excluding carboxylic acids is 1. The van der Waals surface area contributed by atoms with E-state index in [1.165, 1.54) is 0 Å². The fraction of sp³-hybridized carbons (Fsp3) is 0.350. The van der Waals surface area contributed by atoms with Gasteiger partial charge < -0.3 is 14.4 Å². The lowest BCUT2D eigenvalue weighted by Gasteiger charge is -2.32. The molecule has 1 aliphatic rings. The van der Waals surface area contributed by atoms with Gasteiger partial charge >= 0.3 is 0 Å². The quantitative estimate of drug-likeness (QED) is 0.862. The second-order valence-electron chi connectivity index (χ2n) is 6.03. The Labute approximate surface area is 143 Å². The summed E-state index contributed by atoms with van der Waals surface area (Å²) in [6.07, 6.45) is 2.14. The van der Waals surface area contributed by atoms with Crippen LogP contribution in [-0.2, 0) is 4.74 Å². The molecule has 2 aromatic carbocycles. The predicted molar refractivity (Wildman–Crippen MR) is 94.4 cm³/mol. The van der Waals surface area contributed by atoms with E-state index in [1.807, 2.05) is 53.4 Å². The second-order valence-corrected chi connectivity index (χ2v) is 6.03. The molecule has 0 bridgehead atoms. The van der Waals surface area contributed by atoms with Gasteiger partial charge in [-0.15, -0.1) is 0 Å². The third-order valence-electron chi connectivity index (χ3n) is 4.53. The average molecular weight is 325 g/mol. The summed E-state index contributed by atoms with van der Waals surface area (Å²) < 4.78 is 10.9. The maximum absolute atomic E-state index is 12.8. The number of rotatable bonds is 4. The minimum atomic E-state index is 0.0634. The van der Waals surface area contributed by atoms with Crippen molar-refractivity contribution < 1.29 is 14.3 Å². The molecule has 1 aliphatic heterocycles. The Bertz CT molecular complexity index is 714. The summed E-state index contributed by atoms with van der Waals surface area (Å²) in [5.41, 5.74) is 2.68. The summed E-state index contributed by atoms with van der Waals surface area (Å²) in [5, 5.41) is 0. The minimum Gasteiger partial charge on any atom is -0.496 e. The molecule has 1 saturated heterocycles. The lowest BCUT2D eigenvalue weighted by atomic mass is 10.0. The standard InChI is InChI=1S/C20H23NO3/c1-23-17-9-6-12-21(14-17)20(22)16-8-5-7-15(13-16)18-10-3-4-11-19(18)24-2/h3-5,7-8,10-11,13,17H,6,9,12,14H2,1-2H3/t17-/m0/s1. The van der Waals surface area contributed by atoms with Gasteiger partial charge in [0.25, 0.3) is 5.91 Å². The van der Waals surface area contributed by atoms with Crippen molar-refractivity contribution in [3.05, 3.63) is 54.1 Å². The number of para-hydroxylation sites is 1. The monoisotopic (exact) mass is 325 g/mol. The highest BCUT2D eigenvalue weighted by atomic mass is 16.5. The van der Waals surface area contributed by atoms with Crippen LogP contribution >= 0.6 is 0 Å². The van der Waals surface area contributed by atoms with Gasteiger partial charge in [0.1, 0.15) is 5.75 Å². The zero-order valence-electron chi connectivity index (χ0n) is 14.2. The van der Waals surface area contributed by atoms with Gasteiger partial charge in [-0.05, 0) is 36.6 Å². The summed E-state index contributed by atoms with van der Waals surface area (Å²) in [7, 11) is 3.37. The van der Waals surface area contributed by atoms with Crippen LogP contribution in [0.15, 0.2) is 48.5 Å². The van der Waals surface area contributed by atoms with E-state index in [-0.39, 0.29) is 12.0 Å². The zero-order chi connectivity index (χ0) is 16.9. The molecule has 0 N–H and O–H groups in total. The molecule has 1 fully saturated rings. The lowest BCUT2D eigenvalue weighted by molar-refractivity contribution is 0.0269. The normalized spacial score (nSPS) is 17.6. The molecule has 4 nitrogen and oxygen atoms in total. The zero-order valence-corrected chi connectivity index (χ0v) is 14.2. The van der Waals surface area contributed by atoms with Gasteiger partial charge in [-0.2, -0.15) is 0 Å². The van der Waals surface area contributed by atoms with E-state index in [0.29, 0.717) is 12.1 Å². The fourth-order valence-electron chi connectivity index (χ4n) is 3.20. The Morgan fingerprint density at radius 3 is 2.75 bits per heavy atom. The van der Waals surface area contributed by atoms with Gasteiger partial charge in [0.2, 0.25) is 0 Å². The van der Waals surface area contributed by atoms with Crippen LogP contribution in [0.3, 0.4) is 0 Å². The molecule has 126 valence electrons. The number of ether oxygens (including phenoxy) is 2. The van der Waals surface area contributed by atoms with Crippen molar-refractivity contribution >= 4 is 5.91 Å². The van der Waals surface area contributed by atoms with Crippen molar-refractivity contribution in [2.24, 2.45) is 0 Å². The number of hydrogen-bond donors (Lipinski definition) is 0. The first-order valence-corrected chi connectivity index (χ1v) is 8.28. The minimum absolute atomic E-state index is 0.0634. The predicted octanol–water partition coefficient (Wildman–Crippen LogP) is 3.61. The molecule has 0 spiro atoms. The van der Waals surface area contributed by atoms with E-state index in [0.717, 1.165) is 36.3 Å². The number of benzene rings is 2. The summed E-state index contributed by atoms with van der Waals surface area (Å²) in [4.78, 5) is 14.7. The van der Waals surface area contributed by atoms with Crippen LogP contribution in [-0.4, -0.2) is 44.2 Å². The first kappa shape index (κ1) is 16.5. The molecule has 0 saturated carbocycles. The highest BCUT2D eigenvalue weighted by Crippen LogP contribution is 2.30. The summed E-state index contributed by atoms with van der Waals surface area (Å²) in [5.74, 6) is 0.869. The Hall–Kier alpha value is -2.33. The molecule has 0 aromatic heterocycles. The maximum atomic E-state index is 12.8. The van der Waals surface area contributed by atoms with Crippen molar-refractivity contribution in [3.63, 3.8) is 0 Å². The van der Waals surface area contributed by atoms with E-state index in [9.17, 15) is 4.79 Å². The molecule has 1 amide bonds. The second kappa shape index (κ2) is 7.49. The largest absolute Gasteiger partial charge is 0.496 e. The molecule has 0 aliphatic carbocycles. The van der Waals surface area contributed by atoms with Crippen LogP contribution in [0.4, 0.5) is 0 Å². The van der Waals surface area contributed by atoms with E-state index in [2.05, 4.69) is 0 Å². The van der Waals surface area contributed by atoms with Crippen molar-refractivity contribution in [1.82, 2.24) is 4.90 Å². The van der Waals surface area contributed by atoms with Crippen LogP contribution in [0.1, 0.15) is 23.2 Å². The Balaban J connectivity index is 1.86. The molecule has 4 heteroatoms. The first-order valence-electron chi connectivity index (χ1n) is 8.28. The Morgan fingerprint density at radius 1 is 1.12 bits per heavy atom. The van der Waals surface area contributed by atoms with Crippen LogP contribution in [0.5, 0.6) is 5.75 Å². The number of amides is 1. The van der Waals surface area contributed by atoms with Crippen molar-refractivity contribution in [2.45, 2.75) is 18.9 Å².